The van der Waals surface area contributed by atoms with Crippen molar-refractivity contribution >= 4 is 27.6 Å². The van der Waals surface area contributed by atoms with E-state index in [0.717, 1.165) is 0 Å². The van der Waals surface area contributed by atoms with Gasteiger partial charge in [0.2, 0.25) is 0 Å². The lowest BCUT2D eigenvalue weighted by Crippen LogP contribution is -1.99. The van der Waals surface area contributed by atoms with Crippen molar-refractivity contribution in [3.63, 3.8) is 0 Å². The van der Waals surface area contributed by atoms with Gasteiger partial charge in [-0.25, -0.2) is 22.2 Å². The summed E-state index contributed by atoms with van der Waals surface area (Å²) < 4.78 is 50.5. The number of anilines is 2. The molecule has 0 aliphatic heterocycles. The Balaban J connectivity index is 0.000000183. The maximum atomic E-state index is 12.4. The number of aromatic amines is 1. The first-order valence-electron chi connectivity index (χ1n) is 8.46. The van der Waals surface area contributed by atoms with Gasteiger partial charge in [-0.1, -0.05) is 15.9 Å². The van der Waals surface area contributed by atoms with Gasteiger partial charge in [0.15, 0.2) is 0 Å². The van der Waals surface area contributed by atoms with Crippen molar-refractivity contribution in [1.82, 2.24) is 29.9 Å². The molecular weight excluding hydrogens is 484 g/mol. The standard InChI is InChI=1S/C9H8F2N4.C6H4BrF2N.C3H5N3/c10-9(11)7-5-6(1-3-13-7)15-4-2-8(12)14-15;7-4-1-2-10-5(3-4)6(8)9;4-3-1-2-5-6-3/h1-5,9H,(H2,12,14);1-3,6H;1-2H,(H3,4,5,6). The van der Waals surface area contributed by atoms with Gasteiger partial charge in [-0.2, -0.15) is 10.2 Å². The number of rotatable bonds is 3. The number of aromatic nitrogens is 6. The number of pyridine rings is 2. The Hall–Kier alpha value is -3.48. The van der Waals surface area contributed by atoms with E-state index in [4.69, 9.17) is 11.5 Å². The van der Waals surface area contributed by atoms with Gasteiger partial charge in [0.25, 0.3) is 12.9 Å². The van der Waals surface area contributed by atoms with Crippen molar-refractivity contribution < 1.29 is 17.6 Å². The van der Waals surface area contributed by atoms with E-state index in [9.17, 15) is 17.6 Å². The Morgan fingerprint density at radius 3 is 1.94 bits per heavy atom. The second-order valence-corrected chi connectivity index (χ2v) is 6.55. The van der Waals surface area contributed by atoms with E-state index in [2.05, 4.69) is 41.2 Å². The van der Waals surface area contributed by atoms with Gasteiger partial charge in [0, 0.05) is 29.1 Å². The molecule has 0 atom stereocenters. The van der Waals surface area contributed by atoms with Crippen LogP contribution in [-0.2, 0) is 0 Å². The number of nitrogens with two attached hydrogens (primary N) is 2. The van der Waals surface area contributed by atoms with E-state index in [1.54, 1.807) is 36.7 Å². The molecule has 0 fully saturated rings. The lowest BCUT2D eigenvalue weighted by Gasteiger charge is -2.03. The summed E-state index contributed by atoms with van der Waals surface area (Å²) in [5.74, 6) is 0.945. The molecule has 4 aromatic heterocycles. The Kier molecular flexibility index (Phi) is 8.94. The first-order chi connectivity index (χ1) is 14.8. The van der Waals surface area contributed by atoms with Crippen LogP contribution in [0, 0.1) is 0 Å². The molecule has 4 aromatic rings. The summed E-state index contributed by atoms with van der Waals surface area (Å²) in [4.78, 5) is 7.01. The van der Waals surface area contributed by atoms with Crippen LogP contribution in [0.1, 0.15) is 24.2 Å². The molecule has 0 aliphatic carbocycles. The molecule has 0 amide bonds. The summed E-state index contributed by atoms with van der Waals surface area (Å²) in [5, 5.41) is 10.0. The molecule has 164 valence electrons. The van der Waals surface area contributed by atoms with Crippen molar-refractivity contribution in [1.29, 1.82) is 0 Å². The van der Waals surface area contributed by atoms with E-state index < -0.39 is 12.9 Å². The Labute approximate surface area is 182 Å². The Morgan fingerprint density at radius 2 is 1.52 bits per heavy atom. The summed E-state index contributed by atoms with van der Waals surface area (Å²) in [6.07, 6.45) is 0.783. The fraction of sp³-hybridized carbons (Fsp3) is 0.111. The molecule has 4 heterocycles. The summed E-state index contributed by atoms with van der Waals surface area (Å²) in [6, 6.07) is 9.04. The zero-order chi connectivity index (χ0) is 22.8. The molecule has 0 saturated heterocycles. The summed E-state index contributed by atoms with van der Waals surface area (Å²) in [6.45, 7) is 0. The highest BCUT2D eigenvalue weighted by Crippen LogP contribution is 2.19. The monoisotopic (exact) mass is 500 g/mol. The predicted octanol–water partition coefficient (Wildman–Crippen LogP) is 4.56. The number of nitrogens with zero attached hydrogens (tertiary/aromatic N) is 5. The molecular formula is C18H17BrF4N8. The molecule has 0 spiro atoms. The normalized spacial score (nSPS) is 10.3. The van der Waals surface area contributed by atoms with Crippen LogP contribution in [0.5, 0.6) is 0 Å². The summed E-state index contributed by atoms with van der Waals surface area (Å²) in [7, 11) is 0. The van der Waals surface area contributed by atoms with E-state index in [-0.39, 0.29) is 11.4 Å². The largest absolute Gasteiger partial charge is 0.384 e. The molecule has 0 saturated carbocycles. The van der Waals surface area contributed by atoms with Gasteiger partial charge < -0.3 is 11.5 Å². The van der Waals surface area contributed by atoms with E-state index >= 15 is 0 Å². The second kappa shape index (κ2) is 11.6. The molecule has 13 heteroatoms. The van der Waals surface area contributed by atoms with Crippen LogP contribution in [0.25, 0.3) is 5.69 Å². The highest BCUT2D eigenvalue weighted by atomic mass is 79.9. The molecule has 0 radical (unpaired) electrons. The molecule has 5 N–H and O–H groups in total. The second-order valence-electron chi connectivity index (χ2n) is 5.64. The number of halogens is 5. The maximum absolute atomic E-state index is 12.4. The first-order valence-corrected chi connectivity index (χ1v) is 9.25. The minimum absolute atomic E-state index is 0.200. The summed E-state index contributed by atoms with van der Waals surface area (Å²) >= 11 is 3.06. The molecule has 31 heavy (non-hydrogen) atoms. The third-order valence-corrected chi connectivity index (χ3v) is 3.84. The lowest BCUT2D eigenvalue weighted by atomic mass is 10.3. The van der Waals surface area contributed by atoms with Crippen molar-refractivity contribution in [2.75, 3.05) is 11.5 Å². The average Bonchev–Trinajstić information content (AvgIpc) is 3.40. The number of nitrogens with one attached hydrogen (secondary N) is 1. The zero-order valence-corrected chi connectivity index (χ0v) is 17.3. The number of hydrogen-bond acceptors (Lipinski definition) is 6. The first kappa shape index (κ1) is 23.8. The van der Waals surface area contributed by atoms with Crippen LogP contribution in [0.4, 0.5) is 29.2 Å². The van der Waals surface area contributed by atoms with Crippen molar-refractivity contribution in [2.24, 2.45) is 0 Å². The van der Waals surface area contributed by atoms with Crippen molar-refractivity contribution in [3.05, 3.63) is 77.0 Å². The van der Waals surface area contributed by atoms with Gasteiger partial charge in [-0.05, 0) is 30.3 Å². The Bertz CT molecular complexity index is 1060. The third-order valence-electron chi connectivity index (χ3n) is 3.35. The van der Waals surface area contributed by atoms with Crippen molar-refractivity contribution in [3.8, 4) is 5.69 Å². The molecule has 0 bridgehead atoms. The smallest absolute Gasteiger partial charge is 0.280 e. The highest BCUT2D eigenvalue weighted by molar-refractivity contribution is 9.10. The number of hydrogen-bond donors (Lipinski definition) is 3. The molecule has 4 rings (SSSR count). The lowest BCUT2D eigenvalue weighted by molar-refractivity contribution is 0.145. The summed E-state index contributed by atoms with van der Waals surface area (Å²) in [5.41, 5.74) is 10.6. The fourth-order valence-corrected chi connectivity index (χ4v) is 2.34. The zero-order valence-electron chi connectivity index (χ0n) is 15.7. The highest BCUT2D eigenvalue weighted by Gasteiger charge is 2.10. The SMILES string of the molecule is FC(F)c1cc(Br)ccn1.Nc1ccn(-c2ccnc(C(F)F)c2)n1.Nc1ccn[nH]1. The van der Waals surface area contributed by atoms with Gasteiger partial charge in [0.05, 0.1) is 11.9 Å². The van der Waals surface area contributed by atoms with Gasteiger partial charge in [-0.15, -0.1) is 0 Å². The van der Waals surface area contributed by atoms with Crippen LogP contribution in [0.3, 0.4) is 0 Å². The number of nitrogen functional groups attached to an aromatic ring is 2. The van der Waals surface area contributed by atoms with Gasteiger partial charge >= 0.3 is 0 Å². The topological polar surface area (TPSA) is 124 Å². The minimum Gasteiger partial charge on any atom is -0.384 e. The minimum atomic E-state index is -2.59. The number of alkyl halides is 4. The maximum Gasteiger partial charge on any atom is 0.280 e. The molecule has 0 aliphatic rings. The van der Waals surface area contributed by atoms with E-state index in [1.165, 1.54) is 29.2 Å². The predicted molar refractivity (Wildman–Crippen MR) is 111 cm³/mol. The quantitative estimate of drug-likeness (QED) is 0.354. The fourth-order valence-electron chi connectivity index (χ4n) is 1.99. The third kappa shape index (κ3) is 8.04. The van der Waals surface area contributed by atoms with E-state index in [1.807, 2.05) is 0 Å². The van der Waals surface area contributed by atoms with E-state index in [0.29, 0.717) is 21.8 Å². The van der Waals surface area contributed by atoms with Gasteiger partial charge in [-0.3, -0.25) is 15.1 Å². The molecule has 0 unspecified atom stereocenters. The van der Waals surface area contributed by atoms with Crippen LogP contribution in [-0.4, -0.2) is 29.9 Å². The van der Waals surface area contributed by atoms with Crippen LogP contribution in [0.15, 0.2) is 65.7 Å². The Morgan fingerprint density at radius 1 is 0.871 bits per heavy atom. The van der Waals surface area contributed by atoms with Crippen LogP contribution in [0.2, 0.25) is 0 Å². The number of H-pyrrole nitrogens is 1. The van der Waals surface area contributed by atoms with Crippen LogP contribution >= 0.6 is 15.9 Å². The molecule has 0 aromatic carbocycles. The average molecular weight is 501 g/mol. The van der Waals surface area contributed by atoms with Crippen LogP contribution < -0.4 is 11.5 Å². The molecule has 8 nitrogen and oxygen atoms in total. The van der Waals surface area contributed by atoms with Crippen molar-refractivity contribution in [2.45, 2.75) is 12.9 Å². The van der Waals surface area contributed by atoms with Gasteiger partial charge in [0.1, 0.15) is 23.0 Å².